The molecule has 252 valence electrons. The predicted molar refractivity (Wildman–Crippen MR) is 225 cm³/mol. The third-order valence-corrected chi connectivity index (χ3v) is 10.7. The number of hydrogen-bond acceptors (Lipinski definition) is 2. The van der Waals surface area contributed by atoms with Crippen LogP contribution >= 0.6 is 0 Å². The lowest BCUT2D eigenvalue weighted by molar-refractivity contribution is 0.995. The Balaban J connectivity index is 1.25. The first-order valence-corrected chi connectivity index (χ1v) is 18.3. The Bertz CT molecular complexity index is 3150. The fourth-order valence-corrected chi connectivity index (χ4v) is 8.22. The van der Waals surface area contributed by atoms with Crippen LogP contribution in [0, 0.1) is 0 Å². The normalized spacial score (nSPS) is 11.7. The minimum atomic E-state index is 0.635. The third kappa shape index (κ3) is 4.78. The van der Waals surface area contributed by atoms with Crippen LogP contribution in [0.1, 0.15) is 0 Å². The van der Waals surface area contributed by atoms with Gasteiger partial charge in [-0.3, -0.25) is 4.57 Å². The van der Waals surface area contributed by atoms with Gasteiger partial charge >= 0.3 is 0 Å². The standard InChI is InChI=1S/C50H32N4/c1-3-15-34(16-4-1)44-32-45(35-17-5-2-6-18-35)52-50(51-44)54-47-25-12-10-23-41(47)43-29-28-42-40-22-9-11-24-46(40)53(48(42)49(43)54)39-21-13-20-37(31-39)38-27-26-33-14-7-8-19-36(33)30-38/h1-32H. The number of nitrogens with zero attached hydrogens (tertiary/aromatic N) is 4. The van der Waals surface area contributed by atoms with E-state index >= 15 is 0 Å². The molecule has 0 aliphatic rings. The van der Waals surface area contributed by atoms with Gasteiger partial charge in [-0.2, -0.15) is 0 Å². The van der Waals surface area contributed by atoms with Crippen molar-refractivity contribution in [1.29, 1.82) is 0 Å². The van der Waals surface area contributed by atoms with Gasteiger partial charge in [0.25, 0.3) is 0 Å². The van der Waals surface area contributed by atoms with Gasteiger partial charge in [0.2, 0.25) is 5.95 Å². The Kier molecular flexibility index (Phi) is 6.82. The van der Waals surface area contributed by atoms with E-state index in [9.17, 15) is 0 Å². The quantitative estimate of drug-likeness (QED) is 0.180. The number of fused-ring (bicyclic) bond motifs is 8. The number of para-hydroxylation sites is 2. The second-order valence-electron chi connectivity index (χ2n) is 13.8. The lowest BCUT2D eigenvalue weighted by Crippen LogP contribution is -2.05. The first-order chi connectivity index (χ1) is 26.8. The summed E-state index contributed by atoms with van der Waals surface area (Å²) in [5.41, 5.74) is 11.7. The van der Waals surface area contributed by atoms with Crippen LogP contribution in [0.5, 0.6) is 0 Å². The van der Waals surface area contributed by atoms with E-state index < -0.39 is 0 Å². The van der Waals surface area contributed by atoms with Crippen LogP contribution in [0.4, 0.5) is 0 Å². The van der Waals surface area contributed by atoms with E-state index in [1.807, 2.05) is 12.1 Å². The monoisotopic (exact) mass is 688 g/mol. The summed E-state index contributed by atoms with van der Waals surface area (Å²) in [5.74, 6) is 0.635. The van der Waals surface area contributed by atoms with E-state index in [1.165, 1.54) is 32.7 Å². The van der Waals surface area contributed by atoms with Crippen LogP contribution in [-0.2, 0) is 0 Å². The molecule has 11 aromatic rings. The topological polar surface area (TPSA) is 35.6 Å². The predicted octanol–water partition coefficient (Wildman–Crippen LogP) is 12.8. The molecule has 54 heavy (non-hydrogen) atoms. The molecule has 3 heterocycles. The zero-order valence-corrected chi connectivity index (χ0v) is 29.3. The summed E-state index contributed by atoms with van der Waals surface area (Å²) in [4.78, 5) is 10.7. The maximum atomic E-state index is 5.36. The van der Waals surface area contributed by atoms with Gasteiger partial charge in [0.15, 0.2) is 0 Å². The molecule has 0 amide bonds. The Morgan fingerprint density at radius 2 is 0.833 bits per heavy atom. The Hall–Kier alpha value is -7.30. The van der Waals surface area contributed by atoms with Crippen LogP contribution in [-0.4, -0.2) is 19.1 Å². The average molecular weight is 689 g/mol. The lowest BCUT2D eigenvalue weighted by Gasteiger charge is -2.14. The van der Waals surface area contributed by atoms with Gasteiger partial charge in [0, 0.05) is 38.4 Å². The zero-order chi connectivity index (χ0) is 35.6. The SMILES string of the molecule is c1ccc(-c2cc(-c3ccccc3)nc(-n3c4ccccc4c4ccc5c6ccccc6n(-c6cccc(-c7ccc8ccccc8c7)c6)c5c43)n2)cc1. The molecule has 0 saturated heterocycles. The van der Waals surface area contributed by atoms with E-state index in [-0.39, 0.29) is 0 Å². The van der Waals surface area contributed by atoms with E-state index in [0.717, 1.165) is 61.0 Å². The van der Waals surface area contributed by atoms with Crippen molar-refractivity contribution in [3.05, 3.63) is 194 Å². The van der Waals surface area contributed by atoms with Gasteiger partial charge < -0.3 is 4.57 Å². The minimum Gasteiger partial charge on any atom is -0.307 e. The average Bonchev–Trinajstić information content (AvgIpc) is 3.77. The van der Waals surface area contributed by atoms with Crippen molar-refractivity contribution in [1.82, 2.24) is 19.1 Å². The van der Waals surface area contributed by atoms with Crippen LogP contribution in [0.2, 0.25) is 0 Å². The van der Waals surface area contributed by atoms with Gasteiger partial charge in [-0.25, -0.2) is 9.97 Å². The van der Waals surface area contributed by atoms with E-state index in [1.54, 1.807) is 0 Å². The molecule has 0 atom stereocenters. The molecule has 11 rings (SSSR count). The molecular formula is C50H32N4. The molecule has 0 spiro atoms. The summed E-state index contributed by atoms with van der Waals surface area (Å²) in [7, 11) is 0. The molecule has 3 aromatic heterocycles. The first kappa shape index (κ1) is 30.3. The molecule has 0 N–H and O–H groups in total. The summed E-state index contributed by atoms with van der Waals surface area (Å²) in [6.07, 6.45) is 0. The molecule has 0 fully saturated rings. The Morgan fingerprint density at radius 1 is 0.315 bits per heavy atom. The Labute approximate surface area is 311 Å². The van der Waals surface area contributed by atoms with E-state index in [4.69, 9.17) is 9.97 Å². The molecular weight excluding hydrogens is 657 g/mol. The lowest BCUT2D eigenvalue weighted by atomic mass is 10.0. The van der Waals surface area contributed by atoms with Gasteiger partial charge in [-0.15, -0.1) is 0 Å². The number of rotatable bonds is 5. The molecule has 0 aliphatic carbocycles. The summed E-state index contributed by atoms with van der Waals surface area (Å²) < 4.78 is 4.72. The van der Waals surface area contributed by atoms with Crippen LogP contribution in [0.3, 0.4) is 0 Å². The fourth-order valence-electron chi connectivity index (χ4n) is 8.22. The summed E-state index contributed by atoms with van der Waals surface area (Å²) in [6.45, 7) is 0. The molecule has 0 unspecified atom stereocenters. The van der Waals surface area contributed by atoms with Crippen LogP contribution in [0.15, 0.2) is 194 Å². The van der Waals surface area contributed by atoms with Gasteiger partial charge in [-0.1, -0.05) is 158 Å². The highest BCUT2D eigenvalue weighted by molar-refractivity contribution is 6.23. The van der Waals surface area contributed by atoms with E-state index in [2.05, 4.69) is 191 Å². The summed E-state index contributed by atoms with van der Waals surface area (Å²) in [6, 6.07) is 69.1. The van der Waals surface area contributed by atoms with Crippen molar-refractivity contribution in [3.8, 4) is 45.3 Å². The summed E-state index contributed by atoms with van der Waals surface area (Å²) in [5, 5.41) is 7.17. The second kappa shape index (κ2) is 12.1. The van der Waals surface area contributed by atoms with Crippen molar-refractivity contribution in [2.24, 2.45) is 0 Å². The summed E-state index contributed by atoms with van der Waals surface area (Å²) >= 11 is 0. The molecule has 0 aliphatic heterocycles. The maximum Gasteiger partial charge on any atom is 0.235 e. The highest BCUT2D eigenvalue weighted by atomic mass is 15.2. The van der Waals surface area contributed by atoms with Crippen LogP contribution in [0.25, 0.3) is 99.7 Å². The van der Waals surface area contributed by atoms with Gasteiger partial charge in [-0.05, 0) is 58.3 Å². The molecule has 8 aromatic carbocycles. The van der Waals surface area contributed by atoms with Crippen molar-refractivity contribution in [3.63, 3.8) is 0 Å². The highest BCUT2D eigenvalue weighted by Crippen LogP contribution is 2.42. The highest BCUT2D eigenvalue weighted by Gasteiger charge is 2.23. The van der Waals surface area contributed by atoms with Crippen LogP contribution < -0.4 is 0 Å². The van der Waals surface area contributed by atoms with Crippen molar-refractivity contribution in [2.45, 2.75) is 0 Å². The third-order valence-electron chi connectivity index (χ3n) is 10.7. The van der Waals surface area contributed by atoms with Crippen molar-refractivity contribution < 1.29 is 0 Å². The van der Waals surface area contributed by atoms with E-state index in [0.29, 0.717) is 5.95 Å². The largest absolute Gasteiger partial charge is 0.307 e. The Morgan fingerprint density at radius 3 is 1.50 bits per heavy atom. The van der Waals surface area contributed by atoms with Gasteiger partial charge in [0.05, 0.1) is 33.5 Å². The second-order valence-corrected chi connectivity index (χ2v) is 13.8. The van der Waals surface area contributed by atoms with Gasteiger partial charge in [0.1, 0.15) is 0 Å². The van der Waals surface area contributed by atoms with Crippen molar-refractivity contribution >= 4 is 54.4 Å². The molecule has 0 radical (unpaired) electrons. The number of benzene rings is 8. The first-order valence-electron chi connectivity index (χ1n) is 18.3. The number of aromatic nitrogens is 4. The smallest absolute Gasteiger partial charge is 0.235 e. The molecule has 4 heteroatoms. The maximum absolute atomic E-state index is 5.36. The molecule has 0 saturated carbocycles. The fraction of sp³-hybridized carbons (Fsp3) is 0. The van der Waals surface area contributed by atoms with Crippen molar-refractivity contribution in [2.75, 3.05) is 0 Å². The zero-order valence-electron chi connectivity index (χ0n) is 29.3. The molecule has 0 bridgehead atoms. The molecule has 4 nitrogen and oxygen atoms in total. The minimum absolute atomic E-state index is 0.635. The number of hydrogen-bond donors (Lipinski definition) is 0.